The molecule has 25 heavy (non-hydrogen) atoms. The van der Waals surface area contributed by atoms with Gasteiger partial charge < -0.3 is 9.84 Å². The molecule has 7 heteroatoms. The zero-order valence-corrected chi connectivity index (χ0v) is 14.6. The van der Waals surface area contributed by atoms with Crippen molar-refractivity contribution in [3.8, 4) is 11.6 Å². The van der Waals surface area contributed by atoms with Crippen molar-refractivity contribution in [3.63, 3.8) is 0 Å². The summed E-state index contributed by atoms with van der Waals surface area (Å²) < 4.78 is 5.50. The van der Waals surface area contributed by atoms with Crippen LogP contribution in [-0.4, -0.2) is 22.5 Å². The number of aromatic amines is 1. The lowest BCUT2D eigenvalue weighted by atomic mass is 10.1. The Balaban J connectivity index is 1.61. The first kappa shape index (κ1) is 17.3. The van der Waals surface area contributed by atoms with Crippen LogP contribution in [0.15, 0.2) is 53.3 Å². The van der Waals surface area contributed by atoms with Gasteiger partial charge in [-0.1, -0.05) is 47.2 Å². The van der Waals surface area contributed by atoms with Crippen molar-refractivity contribution in [2.24, 2.45) is 0 Å². The monoisotopic (exact) mass is 375 g/mol. The Bertz CT molecular complexity index is 946. The zero-order chi connectivity index (χ0) is 17.8. The number of carbonyl (C=O) groups excluding carboxylic acids is 1. The van der Waals surface area contributed by atoms with Gasteiger partial charge in [-0.05, 0) is 29.8 Å². The topological polar surface area (TPSA) is 79.4 Å². The van der Waals surface area contributed by atoms with Gasteiger partial charge in [0.25, 0.3) is 0 Å². The van der Waals surface area contributed by atoms with E-state index in [1.54, 1.807) is 36.4 Å². The Labute approximate surface area is 152 Å². The molecule has 2 aromatic carbocycles. The van der Waals surface area contributed by atoms with Crippen LogP contribution in [0.5, 0.6) is 11.6 Å². The molecule has 0 bridgehead atoms. The molecule has 1 aromatic heterocycles. The average molecular weight is 376 g/mol. The van der Waals surface area contributed by atoms with Crippen LogP contribution in [0.3, 0.4) is 0 Å². The minimum atomic E-state index is -0.287. The number of ketones is 1. The van der Waals surface area contributed by atoms with Crippen molar-refractivity contribution < 1.29 is 14.6 Å². The first-order valence-electron chi connectivity index (χ1n) is 7.43. The van der Waals surface area contributed by atoms with Gasteiger partial charge >= 0.3 is 4.87 Å². The first-order chi connectivity index (χ1) is 12.0. The quantitative estimate of drug-likeness (QED) is 0.644. The molecule has 1 heterocycles. The number of aromatic hydroxyl groups is 1. The van der Waals surface area contributed by atoms with Crippen LogP contribution < -0.4 is 9.61 Å². The lowest BCUT2D eigenvalue weighted by Crippen LogP contribution is -2.12. The van der Waals surface area contributed by atoms with Crippen LogP contribution in [0.25, 0.3) is 0 Å². The molecule has 0 unspecified atom stereocenters. The number of H-pyrrole nitrogens is 1. The summed E-state index contributed by atoms with van der Waals surface area (Å²) in [5.74, 6) is 0.257. The minimum Gasteiger partial charge on any atom is -0.494 e. The summed E-state index contributed by atoms with van der Waals surface area (Å²) in [6.45, 7) is -0.108. The highest BCUT2D eigenvalue weighted by molar-refractivity contribution is 7.09. The maximum atomic E-state index is 12.1. The molecular weight excluding hydrogens is 362 g/mol. The van der Waals surface area contributed by atoms with E-state index in [2.05, 4.69) is 4.98 Å². The molecule has 0 atom stereocenters. The molecule has 0 aliphatic heterocycles. The summed E-state index contributed by atoms with van der Waals surface area (Å²) in [7, 11) is 0. The number of aromatic nitrogens is 1. The van der Waals surface area contributed by atoms with E-state index < -0.39 is 0 Å². The molecule has 5 nitrogen and oxygen atoms in total. The van der Waals surface area contributed by atoms with Crippen molar-refractivity contribution in [1.29, 1.82) is 0 Å². The molecule has 0 saturated carbocycles. The van der Waals surface area contributed by atoms with E-state index in [4.69, 9.17) is 16.3 Å². The number of nitrogens with one attached hydrogen (secondary N) is 1. The van der Waals surface area contributed by atoms with Crippen molar-refractivity contribution in [3.05, 3.63) is 79.2 Å². The molecule has 3 aromatic rings. The number of benzene rings is 2. The van der Waals surface area contributed by atoms with Crippen molar-refractivity contribution in [2.75, 3.05) is 6.61 Å². The van der Waals surface area contributed by atoms with Crippen LogP contribution in [0.1, 0.15) is 20.8 Å². The summed E-state index contributed by atoms with van der Waals surface area (Å²) in [6.07, 6.45) is 0.439. The molecule has 0 amide bonds. The predicted molar refractivity (Wildman–Crippen MR) is 97.1 cm³/mol. The zero-order valence-electron chi connectivity index (χ0n) is 13.0. The number of rotatable bonds is 6. The summed E-state index contributed by atoms with van der Waals surface area (Å²) >= 11 is 6.97. The largest absolute Gasteiger partial charge is 0.494 e. The highest BCUT2D eigenvalue weighted by Crippen LogP contribution is 2.22. The highest BCUT2D eigenvalue weighted by atomic mass is 35.5. The van der Waals surface area contributed by atoms with E-state index >= 15 is 0 Å². The van der Waals surface area contributed by atoms with Crippen LogP contribution >= 0.6 is 22.9 Å². The second-order valence-corrected chi connectivity index (χ2v) is 6.77. The summed E-state index contributed by atoms with van der Waals surface area (Å²) in [6, 6.07) is 13.9. The van der Waals surface area contributed by atoms with Gasteiger partial charge in [0.2, 0.25) is 11.7 Å². The third-order valence-electron chi connectivity index (χ3n) is 3.53. The second-order valence-electron chi connectivity index (χ2n) is 5.30. The van der Waals surface area contributed by atoms with E-state index in [-0.39, 0.29) is 23.1 Å². The molecule has 3 rings (SSSR count). The van der Waals surface area contributed by atoms with Gasteiger partial charge in [0, 0.05) is 12.0 Å². The van der Waals surface area contributed by atoms with Crippen LogP contribution in [0, 0.1) is 0 Å². The molecule has 0 fully saturated rings. The summed E-state index contributed by atoms with van der Waals surface area (Å²) in [5.41, 5.74) is 1.34. The number of hydrogen-bond acceptors (Lipinski definition) is 5. The maximum Gasteiger partial charge on any atom is 0.307 e. The molecule has 128 valence electrons. The normalized spacial score (nSPS) is 10.6. The Morgan fingerprint density at radius 2 is 1.88 bits per heavy atom. The lowest BCUT2D eigenvalue weighted by molar-refractivity contribution is 0.0921. The van der Waals surface area contributed by atoms with E-state index in [0.29, 0.717) is 27.6 Å². The molecule has 0 aliphatic rings. The molecule has 0 saturated heterocycles. The second kappa shape index (κ2) is 7.55. The van der Waals surface area contributed by atoms with Gasteiger partial charge in [-0.15, -0.1) is 0 Å². The fraction of sp³-hybridized carbons (Fsp3) is 0.111. The van der Waals surface area contributed by atoms with E-state index in [1.165, 1.54) is 0 Å². The van der Waals surface area contributed by atoms with E-state index in [9.17, 15) is 14.7 Å². The lowest BCUT2D eigenvalue weighted by Gasteiger charge is -2.07. The smallest absolute Gasteiger partial charge is 0.307 e. The maximum absolute atomic E-state index is 12.1. The number of hydrogen-bond donors (Lipinski definition) is 2. The number of thiazole rings is 1. The third kappa shape index (κ3) is 4.29. The van der Waals surface area contributed by atoms with Gasteiger partial charge in [0.05, 0.1) is 9.90 Å². The highest BCUT2D eigenvalue weighted by Gasteiger charge is 2.11. The Morgan fingerprint density at radius 1 is 1.16 bits per heavy atom. The summed E-state index contributed by atoms with van der Waals surface area (Å²) in [5, 5.41) is 10.0. The molecule has 0 radical (unpaired) electrons. The van der Waals surface area contributed by atoms with Gasteiger partial charge in [0.1, 0.15) is 5.75 Å². The average Bonchev–Trinajstić information content (AvgIpc) is 2.91. The minimum absolute atomic E-state index is 0.0966. The number of halogens is 1. The van der Waals surface area contributed by atoms with Crippen molar-refractivity contribution in [2.45, 2.75) is 6.42 Å². The SMILES string of the molecule is O=C(COc1ccc(Cc2sc(=O)[nH]c2O)cc1)c1ccccc1Cl. The van der Waals surface area contributed by atoms with Gasteiger partial charge in [-0.25, -0.2) is 0 Å². The van der Waals surface area contributed by atoms with Gasteiger partial charge in [0.15, 0.2) is 6.61 Å². The molecule has 2 N–H and O–H groups in total. The molecule has 0 spiro atoms. The van der Waals surface area contributed by atoms with E-state index in [1.807, 2.05) is 12.1 Å². The molecular formula is C18H14ClNO4S. The van der Waals surface area contributed by atoms with Crippen LogP contribution in [-0.2, 0) is 6.42 Å². The standard InChI is InChI=1S/C18H14ClNO4S/c19-14-4-2-1-3-13(14)15(21)10-24-12-7-5-11(6-8-12)9-16-17(22)20-18(23)25-16/h1-8,22H,9-10H2,(H,20,23). The van der Waals surface area contributed by atoms with Crippen molar-refractivity contribution in [1.82, 2.24) is 4.98 Å². The predicted octanol–water partition coefficient (Wildman–Crippen LogP) is 3.65. The third-order valence-corrected chi connectivity index (χ3v) is 4.73. The first-order valence-corrected chi connectivity index (χ1v) is 8.63. The number of carbonyl (C=O) groups is 1. The number of ether oxygens (including phenoxy) is 1. The van der Waals surface area contributed by atoms with Crippen LogP contribution in [0.4, 0.5) is 0 Å². The Kier molecular flexibility index (Phi) is 5.21. The van der Waals surface area contributed by atoms with E-state index in [0.717, 1.165) is 16.9 Å². The summed E-state index contributed by atoms with van der Waals surface area (Å²) in [4.78, 5) is 25.9. The fourth-order valence-electron chi connectivity index (χ4n) is 2.27. The van der Waals surface area contributed by atoms with Gasteiger partial charge in [-0.2, -0.15) is 0 Å². The van der Waals surface area contributed by atoms with Crippen LogP contribution in [0.2, 0.25) is 5.02 Å². The van der Waals surface area contributed by atoms with Gasteiger partial charge in [-0.3, -0.25) is 14.6 Å². The molecule has 0 aliphatic carbocycles. The number of Topliss-reactive ketones (excluding diaryl/α,β-unsaturated/α-hetero) is 1. The Morgan fingerprint density at radius 3 is 2.52 bits per heavy atom. The van der Waals surface area contributed by atoms with Crippen molar-refractivity contribution >= 4 is 28.7 Å². The Hall–Kier alpha value is -2.57. The fourth-order valence-corrected chi connectivity index (χ4v) is 3.27.